The number of carboxylic acid groups (broad SMARTS) is 1. The van der Waals surface area contributed by atoms with Crippen molar-refractivity contribution in [3.8, 4) is 0 Å². The number of fused-ring (bicyclic) bond motifs is 1. The first-order valence-electron chi connectivity index (χ1n) is 5.35. The number of rotatable bonds is 3. The molecular weight excluding hydrogens is 192 g/mol. The Balaban J connectivity index is 2.15. The van der Waals surface area contributed by atoms with Crippen LogP contribution in [0.1, 0.15) is 29.7 Å². The number of hydrogen-bond acceptors (Lipinski definition) is 2. The maximum atomic E-state index is 10.7. The van der Waals surface area contributed by atoms with Crippen LogP contribution in [0.25, 0.3) is 0 Å². The van der Waals surface area contributed by atoms with E-state index in [1.165, 1.54) is 24.1 Å². The molecule has 1 aliphatic rings. The summed E-state index contributed by atoms with van der Waals surface area (Å²) in [5.41, 5.74) is 9.19. The van der Waals surface area contributed by atoms with Gasteiger partial charge in [-0.15, -0.1) is 0 Å². The maximum absolute atomic E-state index is 10.7. The maximum Gasteiger partial charge on any atom is 0.320 e. The molecule has 1 unspecified atom stereocenters. The highest BCUT2D eigenvalue weighted by atomic mass is 16.4. The molecule has 0 aromatic carbocycles. The minimum absolute atomic E-state index is 0.432. The molecular formula is C11H16N2O2. The Labute approximate surface area is 88.5 Å². The van der Waals surface area contributed by atoms with Crippen molar-refractivity contribution in [1.29, 1.82) is 0 Å². The van der Waals surface area contributed by atoms with Crippen LogP contribution in [0.2, 0.25) is 0 Å². The SMILES string of the molecule is NC(Cc1c[nH]c2c1CCCC2)C(=O)O. The molecule has 0 radical (unpaired) electrons. The fourth-order valence-corrected chi connectivity index (χ4v) is 2.19. The van der Waals surface area contributed by atoms with Gasteiger partial charge >= 0.3 is 5.97 Å². The van der Waals surface area contributed by atoms with Crippen LogP contribution in [-0.2, 0) is 24.1 Å². The van der Waals surface area contributed by atoms with Gasteiger partial charge in [-0.1, -0.05) is 0 Å². The number of aryl methyl sites for hydroxylation is 1. The number of nitrogens with one attached hydrogen (secondary N) is 1. The monoisotopic (exact) mass is 208 g/mol. The molecule has 1 aliphatic carbocycles. The summed E-state index contributed by atoms with van der Waals surface area (Å²) in [6.07, 6.45) is 6.90. The van der Waals surface area contributed by atoms with Crippen molar-refractivity contribution in [2.24, 2.45) is 5.73 Å². The van der Waals surface area contributed by atoms with Crippen molar-refractivity contribution < 1.29 is 9.90 Å². The highest BCUT2D eigenvalue weighted by Crippen LogP contribution is 2.24. The van der Waals surface area contributed by atoms with Crippen LogP contribution in [0.15, 0.2) is 6.20 Å². The summed E-state index contributed by atoms with van der Waals surface area (Å²) in [5, 5.41) is 8.75. The molecule has 0 saturated carbocycles. The van der Waals surface area contributed by atoms with Crippen molar-refractivity contribution in [2.45, 2.75) is 38.1 Å². The van der Waals surface area contributed by atoms with Gasteiger partial charge in [-0.05, 0) is 43.2 Å². The molecule has 4 N–H and O–H groups in total. The van der Waals surface area contributed by atoms with Crippen LogP contribution >= 0.6 is 0 Å². The average molecular weight is 208 g/mol. The summed E-state index contributed by atoms with van der Waals surface area (Å²) in [6, 6.07) is -0.785. The standard InChI is InChI=1S/C11H16N2O2/c12-9(11(14)15)5-7-6-13-10-4-2-1-3-8(7)10/h6,9,13H,1-5,12H2,(H,14,15). The van der Waals surface area contributed by atoms with Gasteiger partial charge in [-0.3, -0.25) is 4.79 Å². The Morgan fingerprint density at radius 2 is 2.27 bits per heavy atom. The van der Waals surface area contributed by atoms with Gasteiger partial charge in [0.05, 0.1) is 0 Å². The summed E-state index contributed by atoms with van der Waals surface area (Å²) < 4.78 is 0. The average Bonchev–Trinajstić information content (AvgIpc) is 2.62. The topological polar surface area (TPSA) is 79.1 Å². The Hall–Kier alpha value is -1.29. The second-order valence-corrected chi connectivity index (χ2v) is 4.13. The van der Waals surface area contributed by atoms with E-state index >= 15 is 0 Å². The van der Waals surface area contributed by atoms with E-state index in [0.717, 1.165) is 18.4 Å². The van der Waals surface area contributed by atoms with Crippen molar-refractivity contribution in [2.75, 3.05) is 0 Å². The lowest BCUT2D eigenvalue weighted by molar-refractivity contribution is -0.138. The molecule has 0 saturated heterocycles. The predicted molar refractivity (Wildman–Crippen MR) is 56.7 cm³/mol. The fraction of sp³-hybridized carbons (Fsp3) is 0.545. The molecule has 0 spiro atoms. The molecule has 82 valence electrons. The molecule has 1 aromatic rings. The Kier molecular flexibility index (Phi) is 2.77. The van der Waals surface area contributed by atoms with Gasteiger partial charge in [0, 0.05) is 11.9 Å². The fourth-order valence-electron chi connectivity index (χ4n) is 2.19. The third-order valence-corrected chi connectivity index (χ3v) is 3.03. The van der Waals surface area contributed by atoms with Crippen LogP contribution in [0.3, 0.4) is 0 Å². The van der Waals surface area contributed by atoms with E-state index in [0.29, 0.717) is 6.42 Å². The minimum atomic E-state index is -0.930. The number of aromatic amines is 1. The highest BCUT2D eigenvalue weighted by Gasteiger charge is 2.19. The van der Waals surface area contributed by atoms with Crippen molar-refractivity contribution >= 4 is 5.97 Å². The van der Waals surface area contributed by atoms with E-state index in [2.05, 4.69) is 4.98 Å². The summed E-state index contributed by atoms with van der Waals surface area (Å²) >= 11 is 0. The third kappa shape index (κ3) is 2.04. The van der Waals surface area contributed by atoms with Crippen LogP contribution in [0.4, 0.5) is 0 Å². The van der Waals surface area contributed by atoms with Crippen LogP contribution < -0.4 is 5.73 Å². The van der Waals surface area contributed by atoms with Crippen molar-refractivity contribution in [1.82, 2.24) is 4.98 Å². The third-order valence-electron chi connectivity index (χ3n) is 3.03. The Bertz CT molecular complexity index is 371. The summed E-state index contributed by atoms with van der Waals surface area (Å²) in [4.78, 5) is 13.9. The van der Waals surface area contributed by atoms with Gasteiger partial charge in [0.1, 0.15) is 6.04 Å². The lowest BCUT2D eigenvalue weighted by atomic mass is 9.93. The molecule has 1 aromatic heterocycles. The van der Waals surface area contributed by atoms with Gasteiger partial charge in [0.25, 0.3) is 0 Å². The predicted octanol–water partition coefficient (Wildman–Crippen LogP) is 0.848. The van der Waals surface area contributed by atoms with E-state index in [1.807, 2.05) is 6.20 Å². The Morgan fingerprint density at radius 1 is 1.53 bits per heavy atom. The second kappa shape index (κ2) is 4.06. The van der Waals surface area contributed by atoms with E-state index in [1.54, 1.807) is 0 Å². The number of carboxylic acids is 1. The van der Waals surface area contributed by atoms with E-state index in [-0.39, 0.29) is 0 Å². The number of aromatic nitrogens is 1. The van der Waals surface area contributed by atoms with Gasteiger partial charge < -0.3 is 15.8 Å². The molecule has 0 aliphatic heterocycles. The molecule has 2 rings (SSSR count). The number of carbonyl (C=O) groups is 1. The number of aliphatic carboxylic acids is 1. The molecule has 1 heterocycles. The van der Waals surface area contributed by atoms with Crippen molar-refractivity contribution in [3.63, 3.8) is 0 Å². The molecule has 4 nitrogen and oxygen atoms in total. The highest BCUT2D eigenvalue weighted by molar-refractivity contribution is 5.73. The second-order valence-electron chi connectivity index (χ2n) is 4.13. The zero-order chi connectivity index (χ0) is 10.8. The summed E-state index contributed by atoms with van der Waals surface area (Å²) in [5.74, 6) is -0.930. The van der Waals surface area contributed by atoms with Gasteiger partial charge in [-0.25, -0.2) is 0 Å². The lowest BCUT2D eigenvalue weighted by Gasteiger charge is -2.13. The first-order valence-corrected chi connectivity index (χ1v) is 5.35. The van der Waals surface area contributed by atoms with E-state index < -0.39 is 12.0 Å². The zero-order valence-corrected chi connectivity index (χ0v) is 8.62. The number of hydrogen-bond donors (Lipinski definition) is 3. The molecule has 0 amide bonds. The normalized spacial score (nSPS) is 17.1. The van der Waals surface area contributed by atoms with Crippen LogP contribution in [-0.4, -0.2) is 22.1 Å². The Morgan fingerprint density at radius 3 is 3.00 bits per heavy atom. The van der Waals surface area contributed by atoms with Gasteiger partial charge in [0.2, 0.25) is 0 Å². The number of H-pyrrole nitrogens is 1. The first-order chi connectivity index (χ1) is 7.18. The molecule has 0 fully saturated rings. The molecule has 4 heteroatoms. The van der Waals surface area contributed by atoms with Gasteiger partial charge in [0.15, 0.2) is 0 Å². The smallest absolute Gasteiger partial charge is 0.320 e. The summed E-state index contributed by atoms with van der Waals surface area (Å²) in [7, 11) is 0. The zero-order valence-electron chi connectivity index (χ0n) is 8.62. The van der Waals surface area contributed by atoms with Gasteiger partial charge in [-0.2, -0.15) is 0 Å². The van der Waals surface area contributed by atoms with E-state index in [4.69, 9.17) is 10.8 Å². The van der Waals surface area contributed by atoms with Crippen molar-refractivity contribution in [3.05, 3.63) is 23.0 Å². The quantitative estimate of drug-likeness (QED) is 0.689. The number of nitrogens with two attached hydrogens (primary N) is 1. The van der Waals surface area contributed by atoms with E-state index in [9.17, 15) is 4.79 Å². The molecule has 0 bridgehead atoms. The summed E-state index contributed by atoms with van der Waals surface area (Å²) in [6.45, 7) is 0. The minimum Gasteiger partial charge on any atom is -0.480 e. The van der Waals surface area contributed by atoms with Crippen LogP contribution in [0.5, 0.6) is 0 Å². The first kappa shape index (κ1) is 10.2. The van der Waals surface area contributed by atoms with Crippen LogP contribution in [0, 0.1) is 0 Å². The molecule has 15 heavy (non-hydrogen) atoms. The largest absolute Gasteiger partial charge is 0.480 e. The molecule has 1 atom stereocenters. The lowest BCUT2D eigenvalue weighted by Crippen LogP contribution is -2.32.